The van der Waals surface area contributed by atoms with Crippen LogP contribution in [-0.2, 0) is 4.74 Å². The molecule has 0 saturated carbocycles. The fraction of sp³-hybridized carbons (Fsp3) is 0.412. The molecule has 2 aromatic rings. The van der Waals surface area contributed by atoms with Crippen molar-refractivity contribution in [2.45, 2.75) is 29.7 Å². The lowest BCUT2D eigenvalue weighted by Crippen LogP contribution is -2.28. The quantitative estimate of drug-likeness (QED) is 0.936. The summed E-state index contributed by atoms with van der Waals surface area (Å²) in [6.07, 6.45) is 3.26. The van der Waals surface area contributed by atoms with E-state index in [2.05, 4.69) is 22.4 Å². The number of amides is 1. The van der Waals surface area contributed by atoms with Crippen LogP contribution >= 0.6 is 11.8 Å². The van der Waals surface area contributed by atoms with Crippen LogP contribution in [0.1, 0.15) is 46.7 Å². The third kappa shape index (κ3) is 3.01. The SMILES string of the molecule is O=C(NC1CSc2ccccc21)c1coc(C2CCOCC2)n1. The van der Waals surface area contributed by atoms with Crippen LogP contribution in [-0.4, -0.2) is 29.9 Å². The first-order valence-corrected chi connectivity index (χ1v) is 8.85. The predicted molar refractivity (Wildman–Crippen MR) is 86.7 cm³/mol. The lowest BCUT2D eigenvalue weighted by atomic mass is 10.0. The first-order chi connectivity index (χ1) is 11.3. The molecule has 120 valence electrons. The monoisotopic (exact) mass is 330 g/mol. The van der Waals surface area contributed by atoms with Crippen molar-refractivity contribution in [1.82, 2.24) is 10.3 Å². The highest BCUT2D eigenvalue weighted by atomic mass is 32.2. The van der Waals surface area contributed by atoms with Crippen LogP contribution in [0.25, 0.3) is 0 Å². The van der Waals surface area contributed by atoms with Crippen LogP contribution in [0.15, 0.2) is 39.8 Å². The highest BCUT2D eigenvalue weighted by molar-refractivity contribution is 7.99. The van der Waals surface area contributed by atoms with Crippen molar-refractivity contribution in [1.29, 1.82) is 0 Å². The third-order valence-corrected chi connectivity index (χ3v) is 5.51. The normalized spacial score (nSPS) is 21.1. The number of carbonyl (C=O) groups is 1. The molecule has 4 rings (SSSR count). The molecule has 0 radical (unpaired) electrons. The zero-order chi connectivity index (χ0) is 15.6. The Morgan fingerprint density at radius 3 is 2.96 bits per heavy atom. The second-order valence-electron chi connectivity index (χ2n) is 5.83. The van der Waals surface area contributed by atoms with Gasteiger partial charge >= 0.3 is 0 Å². The number of rotatable bonds is 3. The van der Waals surface area contributed by atoms with Crippen LogP contribution in [0, 0.1) is 0 Å². The van der Waals surface area contributed by atoms with Crippen molar-refractivity contribution in [3.05, 3.63) is 47.7 Å². The van der Waals surface area contributed by atoms with Crippen molar-refractivity contribution in [3.63, 3.8) is 0 Å². The van der Waals surface area contributed by atoms with Gasteiger partial charge in [-0.25, -0.2) is 4.98 Å². The van der Waals surface area contributed by atoms with Gasteiger partial charge in [0.25, 0.3) is 5.91 Å². The third-order valence-electron chi connectivity index (χ3n) is 4.33. The summed E-state index contributed by atoms with van der Waals surface area (Å²) in [5.74, 6) is 1.59. The molecule has 2 aliphatic heterocycles. The number of thioether (sulfide) groups is 1. The Morgan fingerprint density at radius 2 is 2.09 bits per heavy atom. The fourth-order valence-corrected chi connectivity index (χ4v) is 4.20. The van der Waals surface area contributed by atoms with Crippen LogP contribution in [0.2, 0.25) is 0 Å². The average Bonchev–Trinajstić information content (AvgIpc) is 3.24. The molecule has 1 unspecified atom stereocenters. The molecule has 1 N–H and O–H groups in total. The van der Waals surface area contributed by atoms with E-state index in [-0.39, 0.29) is 17.9 Å². The summed E-state index contributed by atoms with van der Waals surface area (Å²) in [5, 5.41) is 3.06. The number of oxazole rings is 1. The van der Waals surface area contributed by atoms with E-state index < -0.39 is 0 Å². The Labute approximate surface area is 138 Å². The summed E-state index contributed by atoms with van der Waals surface area (Å²) >= 11 is 1.77. The molecule has 1 atom stereocenters. The van der Waals surface area contributed by atoms with Gasteiger partial charge in [0.2, 0.25) is 0 Å². The molecule has 0 bridgehead atoms. The van der Waals surface area contributed by atoms with Gasteiger partial charge in [0.15, 0.2) is 11.6 Å². The molecule has 5 nitrogen and oxygen atoms in total. The number of ether oxygens (including phenoxy) is 1. The maximum absolute atomic E-state index is 12.4. The van der Waals surface area contributed by atoms with Crippen molar-refractivity contribution in [3.8, 4) is 0 Å². The minimum atomic E-state index is -0.172. The lowest BCUT2D eigenvalue weighted by molar-refractivity contribution is 0.0794. The second kappa shape index (κ2) is 6.37. The van der Waals surface area contributed by atoms with Crippen LogP contribution in [0.4, 0.5) is 0 Å². The summed E-state index contributed by atoms with van der Waals surface area (Å²) in [4.78, 5) is 18.1. The van der Waals surface area contributed by atoms with E-state index in [1.54, 1.807) is 11.8 Å². The minimum Gasteiger partial charge on any atom is -0.448 e. The fourth-order valence-electron chi connectivity index (χ4n) is 3.04. The molecule has 23 heavy (non-hydrogen) atoms. The standard InChI is InChI=1S/C17H18N2O3S/c20-16(18-14-10-23-15-4-2-1-3-12(14)15)13-9-22-17(19-13)11-5-7-21-8-6-11/h1-4,9,11,14H,5-8,10H2,(H,18,20). The van der Waals surface area contributed by atoms with Crippen molar-refractivity contribution in [2.75, 3.05) is 19.0 Å². The largest absolute Gasteiger partial charge is 0.448 e. The number of benzene rings is 1. The summed E-state index contributed by atoms with van der Waals surface area (Å²) in [7, 11) is 0. The van der Waals surface area contributed by atoms with E-state index in [1.165, 1.54) is 16.7 Å². The van der Waals surface area contributed by atoms with Gasteiger partial charge in [0, 0.05) is 29.8 Å². The molecule has 0 spiro atoms. The maximum atomic E-state index is 12.4. The highest BCUT2D eigenvalue weighted by Crippen LogP contribution is 2.37. The van der Waals surface area contributed by atoms with Gasteiger partial charge in [0.1, 0.15) is 6.26 Å². The van der Waals surface area contributed by atoms with E-state index in [4.69, 9.17) is 9.15 Å². The Morgan fingerprint density at radius 1 is 1.26 bits per heavy atom. The van der Waals surface area contributed by atoms with Gasteiger partial charge < -0.3 is 14.5 Å². The number of nitrogens with one attached hydrogen (secondary N) is 1. The molecular weight excluding hydrogens is 312 g/mol. The first-order valence-electron chi connectivity index (χ1n) is 7.87. The lowest BCUT2D eigenvalue weighted by Gasteiger charge is -2.18. The van der Waals surface area contributed by atoms with Gasteiger partial charge in [0.05, 0.1) is 6.04 Å². The molecule has 1 fully saturated rings. The number of fused-ring (bicyclic) bond motifs is 1. The summed E-state index contributed by atoms with van der Waals surface area (Å²) in [6, 6.07) is 8.21. The number of aromatic nitrogens is 1. The topological polar surface area (TPSA) is 64.4 Å². The highest BCUT2D eigenvalue weighted by Gasteiger charge is 2.27. The van der Waals surface area contributed by atoms with Crippen molar-refractivity contribution < 1.29 is 13.9 Å². The minimum absolute atomic E-state index is 0.0342. The van der Waals surface area contributed by atoms with E-state index in [0.717, 1.165) is 31.8 Å². The number of hydrogen-bond donors (Lipinski definition) is 1. The van der Waals surface area contributed by atoms with Crippen molar-refractivity contribution >= 4 is 17.7 Å². The smallest absolute Gasteiger partial charge is 0.273 e. The molecule has 0 aliphatic carbocycles. The summed E-state index contributed by atoms with van der Waals surface area (Å²) in [5.41, 5.74) is 1.54. The Bertz CT molecular complexity index is 709. The number of nitrogens with zero attached hydrogens (tertiary/aromatic N) is 1. The molecule has 6 heteroatoms. The van der Waals surface area contributed by atoms with Crippen LogP contribution < -0.4 is 5.32 Å². The number of carbonyl (C=O) groups excluding carboxylic acids is 1. The predicted octanol–water partition coefficient (Wildman–Crippen LogP) is 3.15. The maximum Gasteiger partial charge on any atom is 0.273 e. The molecule has 2 aliphatic rings. The Balaban J connectivity index is 1.45. The van der Waals surface area contributed by atoms with Crippen LogP contribution in [0.3, 0.4) is 0 Å². The zero-order valence-electron chi connectivity index (χ0n) is 12.7. The van der Waals surface area contributed by atoms with E-state index in [0.29, 0.717) is 11.6 Å². The number of hydrogen-bond acceptors (Lipinski definition) is 5. The van der Waals surface area contributed by atoms with E-state index >= 15 is 0 Å². The summed E-state index contributed by atoms with van der Waals surface area (Å²) < 4.78 is 10.9. The molecule has 1 aromatic heterocycles. The average molecular weight is 330 g/mol. The van der Waals surface area contributed by atoms with Gasteiger partial charge in [-0.1, -0.05) is 18.2 Å². The Hall–Kier alpha value is -1.79. The second-order valence-corrected chi connectivity index (χ2v) is 6.89. The molecule has 1 amide bonds. The molecule has 3 heterocycles. The van der Waals surface area contributed by atoms with Gasteiger partial charge in [-0.2, -0.15) is 0 Å². The molecule has 1 saturated heterocycles. The molecule has 1 aromatic carbocycles. The Kier molecular flexibility index (Phi) is 4.10. The van der Waals surface area contributed by atoms with Gasteiger partial charge in [-0.05, 0) is 24.5 Å². The van der Waals surface area contributed by atoms with Crippen molar-refractivity contribution in [2.24, 2.45) is 0 Å². The van der Waals surface area contributed by atoms with Crippen LogP contribution in [0.5, 0.6) is 0 Å². The first kappa shape index (κ1) is 14.8. The summed E-state index contributed by atoms with van der Waals surface area (Å²) in [6.45, 7) is 1.45. The van der Waals surface area contributed by atoms with Gasteiger partial charge in [-0.3, -0.25) is 4.79 Å². The van der Waals surface area contributed by atoms with E-state index in [1.807, 2.05) is 12.1 Å². The zero-order valence-corrected chi connectivity index (χ0v) is 13.5. The van der Waals surface area contributed by atoms with E-state index in [9.17, 15) is 4.79 Å². The van der Waals surface area contributed by atoms with Gasteiger partial charge in [-0.15, -0.1) is 11.8 Å². The molecular formula is C17H18N2O3S.